The molecule has 2 fully saturated rings. The number of halogens is 4. The Kier molecular flexibility index (Phi) is 7.00. The molecule has 3 aromatic carbocycles. The summed E-state index contributed by atoms with van der Waals surface area (Å²) in [5, 5.41) is 1.10. The van der Waals surface area contributed by atoms with E-state index >= 15 is 8.78 Å². The van der Waals surface area contributed by atoms with Crippen molar-refractivity contribution in [2.75, 3.05) is 33.6 Å². The molecule has 0 amide bonds. The van der Waals surface area contributed by atoms with E-state index in [1.54, 1.807) is 19.1 Å². The predicted octanol–water partition coefficient (Wildman–Crippen LogP) is 6.37. The van der Waals surface area contributed by atoms with Crippen molar-refractivity contribution in [2.45, 2.75) is 44.3 Å². The standard InChI is InChI=1S/C30H29F4N3O3/c1-3-21-23(32)6-5-17-9-20(40-16-38-2)11-22(25(17)21)26-24(33)10-18-13-35-29(36-28(18)27(26)34)39-15-30-7-4-8-37(30)14-19(31)12-30/h5-6,9-11,13,19H,3-4,7-8,12,14-16H2,1-2H3/t19-,30+/m1/s1. The van der Waals surface area contributed by atoms with E-state index in [-0.39, 0.29) is 41.4 Å². The summed E-state index contributed by atoms with van der Waals surface area (Å²) >= 11 is 0. The van der Waals surface area contributed by atoms with E-state index < -0.39 is 29.2 Å². The predicted molar refractivity (Wildman–Crippen MR) is 143 cm³/mol. The highest BCUT2D eigenvalue weighted by molar-refractivity contribution is 6.02. The topological polar surface area (TPSA) is 56.7 Å². The molecule has 1 aromatic heterocycles. The molecule has 2 aliphatic rings. The molecule has 10 heteroatoms. The molecule has 6 nitrogen and oxygen atoms in total. The Hall–Kier alpha value is -3.50. The second-order valence-corrected chi connectivity index (χ2v) is 10.5. The van der Waals surface area contributed by atoms with Crippen molar-refractivity contribution >= 4 is 21.7 Å². The molecule has 0 aliphatic carbocycles. The van der Waals surface area contributed by atoms with Gasteiger partial charge in [-0.25, -0.2) is 22.5 Å². The van der Waals surface area contributed by atoms with Gasteiger partial charge >= 0.3 is 6.01 Å². The summed E-state index contributed by atoms with van der Waals surface area (Å²) < 4.78 is 77.4. The van der Waals surface area contributed by atoms with Gasteiger partial charge in [0, 0.05) is 31.7 Å². The maximum atomic E-state index is 16.2. The van der Waals surface area contributed by atoms with E-state index in [9.17, 15) is 8.78 Å². The first-order chi connectivity index (χ1) is 19.3. The van der Waals surface area contributed by atoms with Crippen LogP contribution in [0, 0.1) is 17.5 Å². The maximum absolute atomic E-state index is 16.2. The van der Waals surface area contributed by atoms with Crippen LogP contribution in [0.2, 0.25) is 0 Å². The van der Waals surface area contributed by atoms with Gasteiger partial charge in [0.25, 0.3) is 0 Å². The molecule has 2 atom stereocenters. The van der Waals surface area contributed by atoms with Gasteiger partial charge in [0.05, 0.1) is 11.1 Å². The summed E-state index contributed by atoms with van der Waals surface area (Å²) in [7, 11) is 1.46. The average Bonchev–Trinajstić information content (AvgIpc) is 3.46. The second-order valence-electron chi connectivity index (χ2n) is 10.5. The van der Waals surface area contributed by atoms with Gasteiger partial charge < -0.3 is 14.2 Å². The number of aromatic nitrogens is 2. The maximum Gasteiger partial charge on any atom is 0.317 e. The van der Waals surface area contributed by atoms with Crippen molar-refractivity contribution in [3.05, 3.63) is 59.5 Å². The van der Waals surface area contributed by atoms with Crippen molar-refractivity contribution in [3.8, 4) is 22.9 Å². The van der Waals surface area contributed by atoms with Crippen LogP contribution in [-0.4, -0.2) is 60.2 Å². The van der Waals surface area contributed by atoms with Crippen LogP contribution < -0.4 is 9.47 Å². The van der Waals surface area contributed by atoms with Crippen LogP contribution in [-0.2, 0) is 11.2 Å². The summed E-state index contributed by atoms with van der Waals surface area (Å²) in [5.41, 5.74) is -0.450. The van der Waals surface area contributed by atoms with Crippen molar-refractivity contribution in [1.29, 1.82) is 0 Å². The van der Waals surface area contributed by atoms with Crippen LogP contribution >= 0.6 is 0 Å². The third kappa shape index (κ3) is 4.53. The highest BCUT2D eigenvalue weighted by atomic mass is 19.1. The van der Waals surface area contributed by atoms with Crippen LogP contribution in [0.5, 0.6) is 11.8 Å². The number of aryl methyl sites for hydroxylation is 1. The molecule has 4 aromatic rings. The zero-order valence-electron chi connectivity index (χ0n) is 22.3. The molecule has 0 saturated carbocycles. The minimum absolute atomic E-state index is 0.0742. The fourth-order valence-electron chi connectivity index (χ4n) is 6.29. The number of ether oxygens (including phenoxy) is 3. The van der Waals surface area contributed by atoms with Crippen LogP contribution in [0.4, 0.5) is 17.6 Å². The van der Waals surface area contributed by atoms with Crippen molar-refractivity contribution in [1.82, 2.24) is 14.9 Å². The van der Waals surface area contributed by atoms with Gasteiger partial charge in [-0.3, -0.25) is 4.90 Å². The van der Waals surface area contributed by atoms with Gasteiger partial charge in [0.1, 0.15) is 35.7 Å². The van der Waals surface area contributed by atoms with Crippen LogP contribution in [0.15, 0.2) is 36.5 Å². The van der Waals surface area contributed by atoms with E-state index in [1.165, 1.54) is 25.4 Å². The van der Waals surface area contributed by atoms with Gasteiger partial charge in [-0.05, 0) is 72.0 Å². The second kappa shape index (κ2) is 10.5. The normalized spacial score (nSPS) is 20.9. The molecule has 0 unspecified atom stereocenters. The lowest BCUT2D eigenvalue weighted by atomic mass is 9.91. The molecule has 40 heavy (non-hydrogen) atoms. The Morgan fingerprint density at radius 1 is 1.07 bits per heavy atom. The number of rotatable bonds is 8. The zero-order chi connectivity index (χ0) is 28.0. The van der Waals surface area contributed by atoms with E-state index in [0.29, 0.717) is 41.5 Å². The molecule has 6 rings (SSSR count). The minimum atomic E-state index is -0.927. The number of hydrogen-bond acceptors (Lipinski definition) is 6. The van der Waals surface area contributed by atoms with Gasteiger partial charge in [0.15, 0.2) is 12.6 Å². The highest BCUT2D eigenvalue weighted by Gasteiger charge is 2.49. The monoisotopic (exact) mass is 555 g/mol. The average molecular weight is 556 g/mol. The number of alkyl halides is 1. The Morgan fingerprint density at radius 2 is 1.93 bits per heavy atom. The van der Waals surface area contributed by atoms with Crippen LogP contribution in [0.3, 0.4) is 0 Å². The lowest BCUT2D eigenvalue weighted by molar-refractivity contribution is 0.0512. The van der Waals surface area contributed by atoms with Gasteiger partial charge in [-0.15, -0.1) is 0 Å². The van der Waals surface area contributed by atoms with E-state index in [4.69, 9.17) is 14.2 Å². The Labute approximate surface area is 228 Å². The molecule has 0 N–H and O–H groups in total. The summed E-state index contributed by atoms with van der Waals surface area (Å²) in [4.78, 5) is 10.5. The first-order valence-corrected chi connectivity index (χ1v) is 13.4. The lowest BCUT2D eigenvalue weighted by Crippen LogP contribution is -2.43. The van der Waals surface area contributed by atoms with Gasteiger partial charge in [-0.2, -0.15) is 4.98 Å². The van der Waals surface area contributed by atoms with Gasteiger partial charge in [-0.1, -0.05) is 13.0 Å². The quantitative estimate of drug-likeness (QED) is 0.186. The number of benzene rings is 3. The summed E-state index contributed by atoms with van der Waals surface area (Å²) in [5.74, 6) is -1.93. The summed E-state index contributed by atoms with van der Waals surface area (Å²) in [6, 6.07) is 7.11. The highest BCUT2D eigenvalue weighted by Crippen LogP contribution is 2.42. The molecule has 0 radical (unpaired) electrons. The summed E-state index contributed by atoms with van der Waals surface area (Å²) in [6.07, 6.45) is 2.82. The molecule has 2 aliphatic heterocycles. The third-order valence-corrected chi connectivity index (χ3v) is 8.08. The minimum Gasteiger partial charge on any atom is -0.468 e. The Bertz CT molecular complexity index is 1600. The lowest BCUT2D eigenvalue weighted by Gasteiger charge is -2.30. The number of nitrogens with zero attached hydrogens (tertiary/aromatic N) is 3. The smallest absolute Gasteiger partial charge is 0.317 e. The molecule has 0 spiro atoms. The molecule has 3 heterocycles. The number of methoxy groups -OCH3 is 1. The SMILES string of the molecule is CCc1c(F)ccc2cc(OCOC)cc(-c3c(F)cc4cnc(OC[C@@]56CCCN5C[C@H](F)C6)nc4c3F)c12. The largest absolute Gasteiger partial charge is 0.468 e. The van der Waals surface area contributed by atoms with Crippen molar-refractivity contribution < 1.29 is 31.8 Å². The van der Waals surface area contributed by atoms with Crippen molar-refractivity contribution in [3.63, 3.8) is 0 Å². The number of fused-ring (bicyclic) bond motifs is 3. The Balaban J connectivity index is 1.45. The zero-order valence-corrected chi connectivity index (χ0v) is 22.3. The molecular formula is C30H29F4N3O3. The van der Waals surface area contributed by atoms with E-state index in [2.05, 4.69) is 14.9 Å². The van der Waals surface area contributed by atoms with E-state index in [0.717, 1.165) is 25.5 Å². The third-order valence-electron chi connectivity index (χ3n) is 8.08. The van der Waals surface area contributed by atoms with Crippen LogP contribution in [0.25, 0.3) is 32.8 Å². The molecule has 210 valence electrons. The van der Waals surface area contributed by atoms with Gasteiger partial charge in [0.2, 0.25) is 0 Å². The molecular weight excluding hydrogens is 526 g/mol. The molecule has 2 saturated heterocycles. The first-order valence-electron chi connectivity index (χ1n) is 13.4. The van der Waals surface area contributed by atoms with Crippen LogP contribution in [0.1, 0.15) is 31.7 Å². The summed E-state index contributed by atoms with van der Waals surface area (Å²) in [6.45, 7) is 3.06. The fraction of sp³-hybridized carbons (Fsp3) is 0.400. The Morgan fingerprint density at radius 3 is 2.73 bits per heavy atom. The number of hydrogen-bond donors (Lipinski definition) is 0. The fourth-order valence-corrected chi connectivity index (χ4v) is 6.29. The molecule has 0 bridgehead atoms. The first kappa shape index (κ1) is 26.7. The van der Waals surface area contributed by atoms with Crippen molar-refractivity contribution in [2.24, 2.45) is 0 Å². The van der Waals surface area contributed by atoms with E-state index in [1.807, 2.05) is 0 Å².